The minimum absolute atomic E-state index is 0.0436. The van der Waals surface area contributed by atoms with Crippen LogP contribution in [0.2, 0.25) is 0 Å². The number of hydrogen-bond acceptors (Lipinski definition) is 4. The van der Waals surface area contributed by atoms with Gasteiger partial charge in [-0.15, -0.1) is 0 Å². The molecule has 2 N–H and O–H groups in total. The fourth-order valence-electron chi connectivity index (χ4n) is 4.86. The summed E-state index contributed by atoms with van der Waals surface area (Å²) in [6, 6.07) is 16.2. The van der Waals surface area contributed by atoms with Crippen molar-refractivity contribution in [1.82, 2.24) is 10.2 Å². The fraction of sp³-hybridized carbons (Fsp3) is 0.375. The Morgan fingerprint density at radius 3 is 2.10 bits per heavy atom. The Morgan fingerprint density at radius 2 is 1.58 bits per heavy atom. The van der Waals surface area contributed by atoms with Crippen molar-refractivity contribution in [2.45, 2.75) is 30.7 Å². The highest BCUT2D eigenvalue weighted by molar-refractivity contribution is 5.92. The average molecular weight is 420 g/mol. The molecule has 0 spiro atoms. The average Bonchev–Trinajstić information content (AvgIpc) is 3.01. The lowest BCUT2D eigenvalue weighted by Gasteiger charge is -2.47. The van der Waals surface area contributed by atoms with Crippen LogP contribution in [0.4, 0.5) is 4.79 Å². The predicted octanol–water partition coefficient (Wildman–Crippen LogP) is 2.99. The number of rotatable bonds is 5. The summed E-state index contributed by atoms with van der Waals surface area (Å²) in [4.78, 5) is 38.1. The first-order valence-corrected chi connectivity index (χ1v) is 10.6. The monoisotopic (exact) mass is 420 g/mol. The van der Waals surface area contributed by atoms with Crippen LogP contribution in [0.25, 0.3) is 11.1 Å². The number of likely N-dealkylation sites (tertiary alicyclic amines) is 1. The Kier molecular flexibility index (Phi) is 4.68. The smallest absolute Gasteiger partial charge is 0.408 e. The second-order valence-corrected chi connectivity index (χ2v) is 8.63. The number of hydrogen-bond donors (Lipinski definition) is 2. The number of nitrogens with zero attached hydrogens (tertiary/aromatic N) is 1. The zero-order valence-corrected chi connectivity index (χ0v) is 17.0. The van der Waals surface area contributed by atoms with Crippen molar-refractivity contribution in [3.63, 3.8) is 0 Å². The lowest BCUT2D eigenvalue weighted by atomic mass is 9.74. The standard InChI is InChI=1S/C24H24N2O5/c27-21(28)15-12-26(13-15)22(29)24(10-5-11-24)25-23(30)31-14-20-18-8-3-1-6-16(18)17-7-2-4-9-19(17)20/h1-4,6-9,15,20H,5,10-14H2,(H,25,30)(H,27,28). The quantitative estimate of drug-likeness (QED) is 0.775. The number of nitrogens with one attached hydrogen (secondary N) is 1. The molecule has 1 heterocycles. The number of carboxylic acids is 1. The van der Waals surface area contributed by atoms with Gasteiger partial charge in [-0.3, -0.25) is 9.59 Å². The van der Waals surface area contributed by atoms with Crippen molar-refractivity contribution in [3.05, 3.63) is 59.7 Å². The molecule has 3 aliphatic rings. The third kappa shape index (κ3) is 3.24. The first-order valence-electron chi connectivity index (χ1n) is 10.6. The third-order valence-electron chi connectivity index (χ3n) is 6.82. The molecule has 2 aromatic rings. The van der Waals surface area contributed by atoms with Crippen molar-refractivity contribution in [2.75, 3.05) is 19.7 Å². The molecule has 7 heteroatoms. The molecule has 1 aliphatic heterocycles. The molecular formula is C24H24N2O5. The van der Waals surface area contributed by atoms with Gasteiger partial charge in [-0.2, -0.15) is 0 Å². The molecule has 0 unspecified atom stereocenters. The molecule has 0 radical (unpaired) electrons. The van der Waals surface area contributed by atoms with Crippen LogP contribution in [0, 0.1) is 5.92 Å². The van der Waals surface area contributed by atoms with Crippen LogP contribution in [-0.2, 0) is 14.3 Å². The van der Waals surface area contributed by atoms with Crippen LogP contribution in [-0.4, -0.2) is 53.2 Å². The van der Waals surface area contributed by atoms with Gasteiger partial charge in [0.05, 0.1) is 5.92 Å². The molecule has 7 nitrogen and oxygen atoms in total. The van der Waals surface area contributed by atoms with E-state index in [4.69, 9.17) is 9.84 Å². The van der Waals surface area contributed by atoms with E-state index >= 15 is 0 Å². The molecule has 0 atom stereocenters. The van der Waals surface area contributed by atoms with E-state index < -0.39 is 23.5 Å². The van der Waals surface area contributed by atoms with Crippen molar-refractivity contribution < 1.29 is 24.2 Å². The van der Waals surface area contributed by atoms with Gasteiger partial charge >= 0.3 is 12.1 Å². The van der Waals surface area contributed by atoms with Gasteiger partial charge < -0.3 is 20.1 Å². The van der Waals surface area contributed by atoms with E-state index in [0.717, 1.165) is 28.7 Å². The number of carboxylic acid groups (broad SMARTS) is 1. The van der Waals surface area contributed by atoms with Crippen molar-refractivity contribution in [2.24, 2.45) is 5.92 Å². The number of amides is 2. The highest BCUT2D eigenvalue weighted by atomic mass is 16.5. The van der Waals surface area contributed by atoms with E-state index in [0.29, 0.717) is 12.8 Å². The number of carbonyl (C=O) groups is 3. The molecule has 1 saturated heterocycles. The fourth-order valence-corrected chi connectivity index (χ4v) is 4.86. The van der Waals surface area contributed by atoms with E-state index in [9.17, 15) is 14.4 Å². The number of benzene rings is 2. The maximum atomic E-state index is 12.9. The number of ether oxygens (including phenoxy) is 1. The van der Waals surface area contributed by atoms with Crippen LogP contribution < -0.4 is 5.32 Å². The maximum absolute atomic E-state index is 12.9. The normalized spacial score (nSPS) is 18.9. The van der Waals surface area contributed by atoms with Gasteiger partial charge in [0, 0.05) is 19.0 Å². The van der Waals surface area contributed by atoms with Gasteiger partial charge in [0.2, 0.25) is 5.91 Å². The van der Waals surface area contributed by atoms with Gasteiger partial charge in [-0.25, -0.2) is 4.79 Å². The van der Waals surface area contributed by atoms with E-state index in [-0.39, 0.29) is 31.5 Å². The highest BCUT2D eigenvalue weighted by Crippen LogP contribution is 2.44. The number of aliphatic carboxylic acids is 1. The molecule has 2 aliphatic carbocycles. The lowest BCUT2D eigenvalue weighted by molar-refractivity contribution is -0.157. The van der Waals surface area contributed by atoms with E-state index in [1.54, 1.807) is 0 Å². The topological polar surface area (TPSA) is 95.9 Å². The summed E-state index contributed by atoms with van der Waals surface area (Å²) in [5, 5.41) is 11.8. The zero-order valence-electron chi connectivity index (χ0n) is 17.0. The molecular weight excluding hydrogens is 396 g/mol. The highest BCUT2D eigenvalue weighted by Gasteiger charge is 2.51. The van der Waals surface area contributed by atoms with Gasteiger partial charge in [0.25, 0.3) is 0 Å². The summed E-state index contributed by atoms with van der Waals surface area (Å²) in [5.41, 5.74) is 3.61. The molecule has 0 bridgehead atoms. The lowest BCUT2D eigenvalue weighted by Crippen LogP contribution is -2.67. The molecule has 5 rings (SSSR count). The minimum Gasteiger partial charge on any atom is -0.481 e. The van der Waals surface area contributed by atoms with Gasteiger partial charge in [-0.05, 0) is 41.5 Å². The summed E-state index contributed by atoms with van der Waals surface area (Å²) in [6.07, 6.45) is 1.32. The first-order chi connectivity index (χ1) is 15.0. The van der Waals surface area contributed by atoms with E-state index in [1.165, 1.54) is 4.90 Å². The zero-order chi connectivity index (χ0) is 21.6. The summed E-state index contributed by atoms with van der Waals surface area (Å²) < 4.78 is 5.60. The summed E-state index contributed by atoms with van der Waals surface area (Å²) >= 11 is 0. The Morgan fingerprint density at radius 1 is 1.00 bits per heavy atom. The molecule has 2 fully saturated rings. The van der Waals surface area contributed by atoms with Gasteiger partial charge in [0.1, 0.15) is 12.1 Å². The Hall–Kier alpha value is -3.35. The second kappa shape index (κ2) is 7.41. The largest absolute Gasteiger partial charge is 0.481 e. The first kappa shape index (κ1) is 19.6. The summed E-state index contributed by atoms with van der Waals surface area (Å²) in [7, 11) is 0. The third-order valence-corrected chi connectivity index (χ3v) is 6.82. The Bertz CT molecular complexity index is 1010. The molecule has 2 amide bonds. The number of alkyl carbamates (subject to hydrolysis) is 1. The van der Waals surface area contributed by atoms with Crippen LogP contribution in [0.1, 0.15) is 36.3 Å². The molecule has 160 valence electrons. The second-order valence-electron chi connectivity index (χ2n) is 8.63. The van der Waals surface area contributed by atoms with Crippen LogP contribution in [0.5, 0.6) is 0 Å². The molecule has 0 aromatic heterocycles. The van der Waals surface area contributed by atoms with Crippen LogP contribution in [0.15, 0.2) is 48.5 Å². The van der Waals surface area contributed by atoms with Crippen LogP contribution in [0.3, 0.4) is 0 Å². The molecule has 2 aromatic carbocycles. The molecule has 1 saturated carbocycles. The minimum atomic E-state index is -0.966. The number of carbonyl (C=O) groups excluding carboxylic acids is 2. The SMILES string of the molecule is O=C(NC1(C(=O)N2CC(C(=O)O)C2)CCC1)OCC1c2ccccc2-c2ccccc21. The van der Waals surface area contributed by atoms with Crippen molar-refractivity contribution in [1.29, 1.82) is 0 Å². The molecule has 31 heavy (non-hydrogen) atoms. The summed E-state index contributed by atoms with van der Waals surface area (Å²) in [5.74, 6) is -1.66. The Balaban J connectivity index is 1.24. The van der Waals surface area contributed by atoms with E-state index in [1.807, 2.05) is 24.3 Å². The van der Waals surface area contributed by atoms with E-state index in [2.05, 4.69) is 29.6 Å². The summed E-state index contributed by atoms with van der Waals surface area (Å²) in [6.45, 7) is 0.583. The number of fused-ring (bicyclic) bond motifs is 3. The Labute approximate surface area is 180 Å². The maximum Gasteiger partial charge on any atom is 0.408 e. The van der Waals surface area contributed by atoms with Crippen molar-refractivity contribution >= 4 is 18.0 Å². The van der Waals surface area contributed by atoms with Gasteiger partial charge in [0.15, 0.2) is 0 Å². The van der Waals surface area contributed by atoms with Crippen molar-refractivity contribution in [3.8, 4) is 11.1 Å². The van der Waals surface area contributed by atoms with Crippen LogP contribution >= 0.6 is 0 Å². The predicted molar refractivity (Wildman–Crippen MR) is 112 cm³/mol. The van der Waals surface area contributed by atoms with Gasteiger partial charge in [-0.1, -0.05) is 48.5 Å².